The number of rotatable bonds is 7. The van der Waals surface area contributed by atoms with Crippen LogP contribution in [0.3, 0.4) is 0 Å². The molecule has 0 saturated carbocycles. The lowest BCUT2D eigenvalue weighted by atomic mass is 10.2. The van der Waals surface area contributed by atoms with E-state index in [2.05, 4.69) is 15.5 Å². The normalized spacial score (nSPS) is 16.9. The van der Waals surface area contributed by atoms with Crippen LogP contribution < -0.4 is 5.32 Å². The van der Waals surface area contributed by atoms with E-state index in [4.69, 9.17) is 4.74 Å². The van der Waals surface area contributed by atoms with Crippen molar-refractivity contribution in [3.05, 3.63) is 35.7 Å². The molecule has 1 atom stereocenters. The number of amides is 1. The van der Waals surface area contributed by atoms with E-state index >= 15 is 0 Å². The molecular weight excluding hydrogens is 374 g/mol. The van der Waals surface area contributed by atoms with Gasteiger partial charge in [-0.25, -0.2) is 8.78 Å². The fourth-order valence-electron chi connectivity index (χ4n) is 2.90. The number of halogens is 2. The first-order chi connectivity index (χ1) is 12.9. The first kappa shape index (κ1) is 19.8. The van der Waals surface area contributed by atoms with Crippen molar-refractivity contribution in [2.24, 2.45) is 0 Å². The fraction of sp³-hybridized carbons (Fsp3) is 0.500. The van der Waals surface area contributed by atoms with Gasteiger partial charge < -0.3 is 14.6 Å². The van der Waals surface area contributed by atoms with E-state index in [0.29, 0.717) is 11.7 Å². The number of hydrogen-bond donors (Lipinski definition) is 1. The summed E-state index contributed by atoms with van der Waals surface area (Å²) in [6.45, 7) is 5.48. The van der Waals surface area contributed by atoms with Crippen LogP contribution in [-0.4, -0.2) is 39.1 Å². The lowest BCUT2D eigenvalue weighted by molar-refractivity contribution is -0.113. The van der Waals surface area contributed by atoms with Crippen molar-refractivity contribution in [3.63, 3.8) is 0 Å². The van der Waals surface area contributed by atoms with Crippen LogP contribution >= 0.6 is 11.8 Å². The van der Waals surface area contributed by atoms with Crippen molar-refractivity contribution in [3.8, 4) is 0 Å². The van der Waals surface area contributed by atoms with Gasteiger partial charge in [-0.2, -0.15) is 0 Å². The van der Waals surface area contributed by atoms with Crippen molar-refractivity contribution in [2.75, 3.05) is 17.7 Å². The smallest absolute Gasteiger partial charge is 0.234 e. The number of ether oxygens (including phenoxy) is 1. The minimum absolute atomic E-state index is 0.0402. The van der Waals surface area contributed by atoms with Crippen LogP contribution in [0.15, 0.2) is 23.4 Å². The molecule has 0 spiro atoms. The molecular formula is C18H22F2N4O2S. The molecule has 1 fully saturated rings. The Morgan fingerprint density at radius 2 is 2.22 bits per heavy atom. The van der Waals surface area contributed by atoms with Crippen LogP contribution in [0.25, 0.3) is 0 Å². The van der Waals surface area contributed by atoms with Gasteiger partial charge in [-0.1, -0.05) is 25.6 Å². The van der Waals surface area contributed by atoms with Gasteiger partial charge in [0.2, 0.25) is 5.91 Å². The van der Waals surface area contributed by atoms with E-state index < -0.39 is 17.5 Å². The zero-order chi connectivity index (χ0) is 19.4. The number of thioether (sulfide) groups is 1. The second kappa shape index (κ2) is 8.79. The third-order valence-corrected chi connectivity index (χ3v) is 5.18. The summed E-state index contributed by atoms with van der Waals surface area (Å²) >= 11 is 1.23. The molecule has 2 heterocycles. The zero-order valence-electron chi connectivity index (χ0n) is 15.2. The molecule has 9 heteroatoms. The van der Waals surface area contributed by atoms with Gasteiger partial charge in [0.25, 0.3) is 0 Å². The molecule has 1 N–H and O–H groups in total. The number of carbonyl (C=O) groups is 1. The molecule has 0 aliphatic carbocycles. The van der Waals surface area contributed by atoms with Gasteiger partial charge in [0.05, 0.1) is 24.1 Å². The van der Waals surface area contributed by atoms with Gasteiger partial charge in [0.1, 0.15) is 17.5 Å². The largest absolute Gasteiger partial charge is 0.376 e. The van der Waals surface area contributed by atoms with Crippen LogP contribution in [0.5, 0.6) is 0 Å². The highest BCUT2D eigenvalue weighted by molar-refractivity contribution is 7.99. The van der Waals surface area contributed by atoms with Crippen LogP contribution in [0.4, 0.5) is 14.5 Å². The maximum atomic E-state index is 13.7. The van der Waals surface area contributed by atoms with Gasteiger partial charge in [-0.3, -0.25) is 4.79 Å². The molecule has 0 radical (unpaired) electrons. The fourth-order valence-corrected chi connectivity index (χ4v) is 3.66. The molecule has 1 aliphatic heterocycles. The number of hydrogen-bond acceptors (Lipinski definition) is 5. The minimum Gasteiger partial charge on any atom is -0.376 e. The molecule has 1 saturated heterocycles. The molecule has 2 aromatic rings. The van der Waals surface area contributed by atoms with Gasteiger partial charge in [0, 0.05) is 18.6 Å². The predicted octanol–water partition coefficient (Wildman–Crippen LogP) is 3.59. The molecule has 27 heavy (non-hydrogen) atoms. The van der Waals surface area contributed by atoms with E-state index in [0.717, 1.165) is 37.4 Å². The maximum Gasteiger partial charge on any atom is 0.234 e. The first-order valence-corrected chi connectivity index (χ1v) is 9.85. The summed E-state index contributed by atoms with van der Waals surface area (Å²) in [6.07, 6.45) is 2.15. The molecule has 146 valence electrons. The van der Waals surface area contributed by atoms with Crippen molar-refractivity contribution < 1.29 is 18.3 Å². The topological polar surface area (TPSA) is 69.0 Å². The Balaban J connectivity index is 1.65. The van der Waals surface area contributed by atoms with Crippen LogP contribution in [0.2, 0.25) is 0 Å². The highest BCUT2D eigenvalue weighted by atomic mass is 32.2. The van der Waals surface area contributed by atoms with E-state index in [9.17, 15) is 13.6 Å². The van der Waals surface area contributed by atoms with Gasteiger partial charge >= 0.3 is 0 Å². The van der Waals surface area contributed by atoms with E-state index in [1.807, 2.05) is 18.4 Å². The minimum atomic E-state index is -0.808. The number of benzene rings is 1. The summed E-state index contributed by atoms with van der Waals surface area (Å²) in [7, 11) is 0. The molecule has 1 aromatic heterocycles. The van der Waals surface area contributed by atoms with E-state index in [-0.39, 0.29) is 23.5 Å². The second-order valence-corrected chi connectivity index (χ2v) is 7.64. The van der Waals surface area contributed by atoms with Crippen LogP contribution in [0.1, 0.15) is 38.4 Å². The highest BCUT2D eigenvalue weighted by Crippen LogP contribution is 2.25. The molecule has 1 amide bonds. The quantitative estimate of drug-likeness (QED) is 0.725. The number of nitrogens with one attached hydrogen (secondary N) is 1. The lowest BCUT2D eigenvalue weighted by Crippen LogP contribution is -2.19. The van der Waals surface area contributed by atoms with Crippen LogP contribution in [-0.2, 0) is 16.1 Å². The molecule has 3 rings (SSSR count). The van der Waals surface area contributed by atoms with Crippen molar-refractivity contribution >= 4 is 23.4 Å². The maximum absolute atomic E-state index is 13.7. The average molecular weight is 396 g/mol. The monoisotopic (exact) mass is 396 g/mol. The van der Waals surface area contributed by atoms with Gasteiger partial charge in [-0.05, 0) is 25.0 Å². The summed E-state index contributed by atoms with van der Waals surface area (Å²) in [5.74, 6) is -0.824. The molecule has 1 aliphatic rings. The van der Waals surface area contributed by atoms with Crippen LogP contribution in [0, 0.1) is 11.6 Å². The number of nitrogens with zero attached hydrogens (tertiary/aromatic N) is 3. The van der Waals surface area contributed by atoms with Crippen molar-refractivity contribution in [2.45, 2.75) is 50.4 Å². The average Bonchev–Trinajstić information content (AvgIpc) is 3.26. The molecule has 0 unspecified atom stereocenters. The Kier molecular flexibility index (Phi) is 6.43. The summed E-state index contributed by atoms with van der Waals surface area (Å²) in [5, 5.41) is 11.5. The lowest BCUT2D eigenvalue weighted by Gasteiger charge is -2.16. The number of aromatic nitrogens is 3. The molecule has 6 nitrogen and oxygen atoms in total. The Morgan fingerprint density at radius 3 is 2.89 bits per heavy atom. The van der Waals surface area contributed by atoms with Crippen molar-refractivity contribution in [1.82, 2.24) is 14.8 Å². The Bertz CT molecular complexity index is 807. The Hall–Kier alpha value is -2.00. The van der Waals surface area contributed by atoms with Gasteiger partial charge in [-0.15, -0.1) is 10.2 Å². The third kappa shape index (κ3) is 5.04. The first-order valence-electron chi connectivity index (χ1n) is 8.86. The standard InChI is InChI=1S/C18H22F2N4O2S/c1-11(2)17-22-23-18(24(17)9-13-4-3-7-26-13)27-10-16(25)21-15-6-5-12(19)8-14(15)20/h5-6,8,11,13H,3-4,7,9-10H2,1-2H3,(H,21,25)/t13-/m0/s1. The zero-order valence-corrected chi connectivity index (χ0v) is 16.1. The third-order valence-electron chi connectivity index (χ3n) is 4.21. The number of carbonyl (C=O) groups excluding carboxylic acids is 1. The molecule has 0 bridgehead atoms. The number of anilines is 1. The summed E-state index contributed by atoms with van der Waals surface area (Å²) in [5.41, 5.74) is -0.0503. The Morgan fingerprint density at radius 1 is 1.41 bits per heavy atom. The summed E-state index contributed by atoms with van der Waals surface area (Å²) < 4.78 is 34.3. The highest BCUT2D eigenvalue weighted by Gasteiger charge is 2.22. The van der Waals surface area contributed by atoms with Gasteiger partial charge in [0.15, 0.2) is 5.16 Å². The second-order valence-electron chi connectivity index (χ2n) is 6.70. The predicted molar refractivity (Wildman–Crippen MR) is 98.8 cm³/mol. The summed E-state index contributed by atoms with van der Waals surface area (Å²) in [4.78, 5) is 12.1. The summed E-state index contributed by atoms with van der Waals surface area (Å²) in [6, 6.07) is 3.03. The Labute approximate surface area is 160 Å². The molecule has 1 aromatic carbocycles. The van der Waals surface area contributed by atoms with E-state index in [1.54, 1.807) is 0 Å². The van der Waals surface area contributed by atoms with E-state index in [1.165, 1.54) is 17.8 Å². The SMILES string of the molecule is CC(C)c1nnc(SCC(=O)Nc2ccc(F)cc2F)n1C[C@@H]1CCCO1. The van der Waals surface area contributed by atoms with Crippen molar-refractivity contribution in [1.29, 1.82) is 0 Å².